The van der Waals surface area contributed by atoms with E-state index >= 15 is 0 Å². The lowest BCUT2D eigenvalue weighted by atomic mass is 10.7. The molecule has 0 saturated heterocycles. The average molecular weight is 178 g/mol. The second kappa shape index (κ2) is 4.92. The normalized spacial score (nSPS) is 9.73. The van der Waals surface area contributed by atoms with Crippen LogP contribution in [0.15, 0.2) is 24.8 Å². The molecule has 62 valence electrons. The topological polar surface area (TPSA) is 104 Å². The summed E-state index contributed by atoms with van der Waals surface area (Å²) < 4.78 is 8.88. The van der Waals surface area contributed by atoms with Gasteiger partial charge in [-0.3, -0.25) is 0 Å². The smallest absolute Gasteiger partial charge is 0.303 e. The molecule has 0 bridgehead atoms. The number of hydrogen-bond acceptors (Lipinski definition) is 3. The summed E-state index contributed by atoms with van der Waals surface area (Å²) in [5, 5.41) is 0. The van der Waals surface area contributed by atoms with E-state index in [4.69, 9.17) is 19.2 Å². The van der Waals surface area contributed by atoms with E-state index in [-0.39, 0.29) is 0 Å². The number of aromatic nitrogens is 2. The SMILES string of the molecule is O=P(O)(O)O.c1cncnc1. The molecular weight excluding hydrogens is 171 g/mol. The van der Waals surface area contributed by atoms with E-state index in [1.54, 1.807) is 18.5 Å². The molecule has 1 heterocycles. The van der Waals surface area contributed by atoms with Crippen molar-refractivity contribution in [1.29, 1.82) is 0 Å². The molecule has 1 aromatic rings. The number of phosphoric acid groups is 1. The van der Waals surface area contributed by atoms with Gasteiger partial charge in [0, 0.05) is 12.4 Å². The predicted octanol–water partition coefficient (Wildman–Crippen LogP) is -0.452. The quantitative estimate of drug-likeness (QED) is 0.465. The Hall–Kier alpha value is -0.810. The summed E-state index contributed by atoms with van der Waals surface area (Å²) in [6, 6.07) is 1.78. The summed E-state index contributed by atoms with van der Waals surface area (Å²) >= 11 is 0. The lowest BCUT2D eigenvalue weighted by Gasteiger charge is -1.82. The van der Waals surface area contributed by atoms with Gasteiger partial charge < -0.3 is 14.7 Å². The first-order valence-corrected chi connectivity index (χ1v) is 4.05. The first-order chi connectivity index (χ1) is 5.00. The Morgan fingerprint density at radius 1 is 1.09 bits per heavy atom. The van der Waals surface area contributed by atoms with Gasteiger partial charge in [-0.15, -0.1) is 0 Å². The van der Waals surface area contributed by atoms with E-state index in [9.17, 15) is 0 Å². The van der Waals surface area contributed by atoms with Crippen molar-refractivity contribution in [1.82, 2.24) is 9.97 Å². The van der Waals surface area contributed by atoms with Gasteiger partial charge in [-0.25, -0.2) is 14.5 Å². The zero-order valence-corrected chi connectivity index (χ0v) is 6.30. The molecule has 0 aliphatic carbocycles. The summed E-state index contributed by atoms with van der Waals surface area (Å²) in [5.41, 5.74) is 0. The third kappa shape index (κ3) is 17.6. The van der Waals surface area contributed by atoms with Crippen molar-refractivity contribution in [3.63, 3.8) is 0 Å². The fourth-order valence-corrected chi connectivity index (χ4v) is 0.253. The van der Waals surface area contributed by atoms with Gasteiger partial charge in [-0.2, -0.15) is 0 Å². The minimum atomic E-state index is -4.64. The van der Waals surface area contributed by atoms with Gasteiger partial charge in [0.1, 0.15) is 6.33 Å². The van der Waals surface area contributed by atoms with Gasteiger partial charge in [0.15, 0.2) is 0 Å². The van der Waals surface area contributed by atoms with Crippen molar-refractivity contribution < 1.29 is 19.2 Å². The number of nitrogens with zero attached hydrogens (tertiary/aromatic N) is 2. The van der Waals surface area contributed by atoms with Crippen molar-refractivity contribution in [3.8, 4) is 0 Å². The second-order valence-electron chi connectivity index (χ2n) is 1.42. The summed E-state index contributed by atoms with van der Waals surface area (Å²) in [6.07, 6.45) is 4.88. The molecule has 0 amide bonds. The summed E-state index contributed by atoms with van der Waals surface area (Å²) in [6.45, 7) is 0. The molecule has 7 heteroatoms. The van der Waals surface area contributed by atoms with Crippen LogP contribution in [-0.4, -0.2) is 24.6 Å². The lowest BCUT2D eigenvalue weighted by Crippen LogP contribution is -1.66. The molecule has 0 atom stereocenters. The lowest BCUT2D eigenvalue weighted by molar-refractivity contribution is 0.275. The van der Waals surface area contributed by atoms with Gasteiger partial charge >= 0.3 is 7.82 Å². The second-order valence-corrected chi connectivity index (χ2v) is 2.44. The zero-order valence-electron chi connectivity index (χ0n) is 5.40. The maximum atomic E-state index is 8.88. The molecule has 0 aliphatic rings. The van der Waals surface area contributed by atoms with E-state index in [0.29, 0.717) is 0 Å². The minimum Gasteiger partial charge on any atom is -0.303 e. The Morgan fingerprint density at radius 2 is 1.45 bits per heavy atom. The Kier molecular flexibility index (Phi) is 4.56. The highest BCUT2D eigenvalue weighted by atomic mass is 31.2. The molecule has 0 fully saturated rings. The summed E-state index contributed by atoms with van der Waals surface area (Å²) in [4.78, 5) is 28.9. The van der Waals surface area contributed by atoms with Gasteiger partial charge in [0.2, 0.25) is 0 Å². The highest BCUT2D eigenvalue weighted by Gasteiger charge is 2.00. The average Bonchev–Trinajstić information content (AvgIpc) is 1.88. The van der Waals surface area contributed by atoms with Crippen LogP contribution in [0.1, 0.15) is 0 Å². The van der Waals surface area contributed by atoms with Crippen molar-refractivity contribution in [3.05, 3.63) is 24.8 Å². The van der Waals surface area contributed by atoms with Crippen molar-refractivity contribution >= 4 is 7.82 Å². The van der Waals surface area contributed by atoms with Crippen molar-refractivity contribution in [2.75, 3.05) is 0 Å². The van der Waals surface area contributed by atoms with Crippen LogP contribution in [0.5, 0.6) is 0 Å². The highest BCUT2D eigenvalue weighted by molar-refractivity contribution is 7.45. The van der Waals surface area contributed by atoms with Crippen LogP contribution in [0.3, 0.4) is 0 Å². The first kappa shape index (κ1) is 10.2. The van der Waals surface area contributed by atoms with Crippen LogP contribution in [-0.2, 0) is 4.57 Å². The van der Waals surface area contributed by atoms with Crippen LogP contribution in [0, 0.1) is 0 Å². The van der Waals surface area contributed by atoms with Crippen molar-refractivity contribution in [2.45, 2.75) is 0 Å². The molecule has 6 nitrogen and oxygen atoms in total. The van der Waals surface area contributed by atoms with Crippen LogP contribution in [0.2, 0.25) is 0 Å². The van der Waals surface area contributed by atoms with Crippen LogP contribution in [0.25, 0.3) is 0 Å². The van der Waals surface area contributed by atoms with E-state index in [1.165, 1.54) is 6.33 Å². The molecule has 1 rings (SSSR count). The van der Waals surface area contributed by atoms with E-state index in [2.05, 4.69) is 9.97 Å². The largest absolute Gasteiger partial charge is 0.466 e. The van der Waals surface area contributed by atoms with Gasteiger partial charge in [-0.05, 0) is 6.07 Å². The molecular formula is C4H7N2O4P. The summed E-state index contributed by atoms with van der Waals surface area (Å²) in [5.74, 6) is 0. The molecule has 0 radical (unpaired) electrons. The molecule has 0 aromatic carbocycles. The third-order valence-corrected chi connectivity index (χ3v) is 0.478. The molecule has 11 heavy (non-hydrogen) atoms. The van der Waals surface area contributed by atoms with Crippen LogP contribution < -0.4 is 0 Å². The highest BCUT2D eigenvalue weighted by Crippen LogP contribution is 2.25. The van der Waals surface area contributed by atoms with E-state index in [1.807, 2.05) is 0 Å². The maximum Gasteiger partial charge on any atom is 0.466 e. The monoisotopic (exact) mass is 178 g/mol. The Bertz CT molecular complexity index is 188. The predicted molar refractivity (Wildman–Crippen MR) is 36.3 cm³/mol. The molecule has 0 saturated carbocycles. The maximum absolute atomic E-state index is 8.88. The molecule has 1 aromatic heterocycles. The summed E-state index contributed by atoms with van der Waals surface area (Å²) in [7, 11) is -4.64. The van der Waals surface area contributed by atoms with Gasteiger partial charge in [0.25, 0.3) is 0 Å². The van der Waals surface area contributed by atoms with E-state index < -0.39 is 7.82 Å². The molecule has 0 unspecified atom stereocenters. The molecule has 0 spiro atoms. The first-order valence-electron chi connectivity index (χ1n) is 2.48. The van der Waals surface area contributed by atoms with Gasteiger partial charge in [0.05, 0.1) is 0 Å². The Balaban J connectivity index is 0.000000187. The minimum absolute atomic E-state index is 1.50. The molecule has 0 aliphatic heterocycles. The Morgan fingerprint density at radius 3 is 1.55 bits per heavy atom. The van der Waals surface area contributed by atoms with Gasteiger partial charge in [-0.1, -0.05) is 0 Å². The standard InChI is InChI=1S/C4H4N2.H3O4P/c1-2-5-4-6-3-1;1-5(2,3)4/h1-4H;(H3,1,2,3,4). The van der Waals surface area contributed by atoms with Crippen LogP contribution in [0.4, 0.5) is 0 Å². The number of rotatable bonds is 0. The van der Waals surface area contributed by atoms with E-state index in [0.717, 1.165) is 0 Å². The number of hydrogen-bond donors (Lipinski definition) is 3. The fourth-order valence-electron chi connectivity index (χ4n) is 0.253. The van der Waals surface area contributed by atoms with Crippen LogP contribution >= 0.6 is 7.82 Å². The third-order valence-electron chi connectivity index (χ3n) is 0.478. The fraction of sp³-hybridized carbons (Fsp3) is 0. The molecule has 3 N–H and O–H groups in total. The van der Waals surface area contributed by atoms with Crippen molar-refractivity contribution in [2.24, 2.45) is 0 Å². The Labute approximate surface area is 62.8 Å². The zero-order chi connectivity index (χ0) is 8.74.